The molecule has 5 nitrogen and oxygen atoms in total. The topological polar surface area (TPSA) is 69.0 Å². The molecule has 1 unspecified atom stereocenters. The molecule has 1 fully saturated rings. The second-order valence-corrected chi connectivity index (χ2v) is 6.62. The van der Waals surface area contributed by atoms with E-state index in [1.165, 1.54) is 0 Å². The van der Waals surface area contributed by atoms with Crippen LogP contribution in [-0.4, -0.2) is 24.0 Å². The van der Waals surface area contributed by atoms with Crippen molar-refractivity contribution in [3.8, 4) is 6.07 Å². The first-order valence-corrected chi connectivity index (χ1v) is 8.64. The Morgan fingerprint density at radius 1 is 1.40 bits per heavy atom. The molecule has 1 aliphatic heterocycles. The zero-order valence-electron chi connectivity index (χ0n) is 14.0. The van der Waals surface area contributed by atoms with Crippen molar-refractivity contribution in [1.29, 1.82) is 5.26 Å². The molecule has 1 aromatic heterocycles. The minimum Gasteiger partial charge on any atom is -0.371 e. The fourth-order valence-corrected chi connectivity index (χ4v) is 3.28. The smallest absolute Gasteiger partial charge is 0.230 e. The minimum absolute atomic E-state index is 0.0115. The Morgan fingerprint density at radius 2 is 2.24 bits per heavy atom. The van der Waals surface area contributed by atoms with E-state index in [0.717, 1.165) is 30.8 Å². The number of pyridine rings is 1. The average Bonchev–Trinajstić information content (AvgIpc) is 2.62. The van der Waals surface area contributed by atoms with Crippen molar-refractivity contribution < 1.29 is 4.79 Å². The molecule has 1 atom stereocenters. The standard InChI is InChI=1S/C19H19ClN4O/c1-13-4-2-6-18(22-13)23-19(25)15-5-3-9-24(12-15)16-8-7-14(11-21)17(20)10-16/h2,4,6-8,10,15H,3,5,9,12H2,1H3,(H,22,23,25). The number of rotatable bonds is 3. The van der Waals surface area contributed by atoms with E-state index >= 15 is 0 Å². The highest BCUT2D eigenvalue weighted by Gasteiger charge is 2.26. The summed E-state index contributed by atoms with van der Waals surface area (Å²) in [5.41, 5.74) is 2.27. The predicted molar refractivity (Wildman–Crippen MR) is 98.7 cm³/mol. The largest absolute Gasteiger partial charge is 0.371 e. The quantitative estimate of drug-likeness (QED) is 0.910. The molecule has 1 aliphatic rings. The third-order valence-corrected chi connectivity index (χ3v) is 4.68. The highest BCUT2D eigenvalue weighted by atomic mass is 35.5. The van der Waals surface area contributed by atoms with Crippen LogP contribution in [0.15, 0.2) is 36.4 Å². The number of carbonyl (C=O) groups is 1. The Balaban J connectivity index is 1.69. The molecule has 0 aliphatic carbocycles. The van der Waals surface area contributed by atoms with Gasteiger partial charge in [0.25, 0.3) is 0 Å². The number of hydrogen-bond donors (Lipinski definition) is 1. The Labute approximate surface area is 152 Å². The van der Waals surface area contributed by atoms with Gasteiger partial charge in [-0.2, -0.15) is 5.26 Å². The molecule has 2 aromatic rings. The van der Waals surface area contributed by atoms with Crippen molar-refractivity contribution in [2.45, 2.75) is 19.8 Å². The summed E-state index contributed by atoms with van der Waals surface area (Å²) in [6.45, 7) is 3.39. The number of aryl methyl sites for hydroxylation is 1. The molecule has 1 aromatic carbocycles. The Kier molecular flexibility index (Phi) is 5.20. The number of nitrogens with one attached hydrogen (secondary N) is 1. The molecule has 1 amide bonds. The van der Waals surface area contributed by atoms with Gasteiger partial charge in [-0.1, -0.05) is 17.7 Å². The molecule has 0 radical (unpaired) electrons. The maximum absolute atomic E-state index is 12.6. The van der Waals surface area contributed by atoms with Crippen LogP contribution < -0.4 is 10.2 Å². The van der Waals surface area contributed by atoms with Crippen molar-refractivity contribution in [1.82, 2.24) is 4.98 Å². The van der Waals surface area contributed by atoms with Crippen LogP contribution in [0.25, 0.3) is 0 Å². The van der Waals surface area contributed by atoms with Gasteiger partial charge in [-0.3, -0.25) is 4.79 Å². The molecule has 6 heteroatoms. The van der Waals surface area contributed by atoms with Gasteiger partial charge < -0.3 is 10.2 Å². The lowest BCUT2D eigenvalue weighted by molar-refractivity contribution is -0.120. The van der Waals surface area contributed by atoms with Crippen LogP contribution in [0.2, 0.25) is 5.02 Å². The highest BCUT2D eigenvalue weighted by Crippen LogP contribution is 2.28. The molecule has 128 valence electrons. The minimum atomic E-state index is -0.106. The van der Waals surface area contributed by atoms with Crippen molar-refractivity contribution in [2.24, 2.45) is 5.92 Å². The van der Waals surface area contributed by atoms with Crippen LogP contribution in [0.5, 0.6) is 0 Å². The lowest BCUT2D eigenvalue weighted by Gasteiger charge is -2.33. The number of piperidine rings is 1. The van der Waals surface area contributed by atoms with Crippen molar-refractivity contribution in [2.75, 3.05) is 23.3 Å². The maximum atomic E-state index is 12.6. The normalized spacial score (nSPS) is 17.0. The lowest BCUT2D eigenvalue weighted by Crippen LogP contribution is -2.40. The van der Waals surface area contributed by atoms with Crippen LogP contribution in [0.1, 0.15) is 24.1 Å². The van der Waals surface area contributed by atoms with Crippen LogP contribution in [-0.2, 0) is 4.79 Å². The van der Waals surface area contributed by atoms with E-state index in [2.05, 4.69) is 21.3 Å². The van der Waals surface area contributed by atoms with Crippen molar-refractivity contribution in [3.63, 3.8) is 0 Å². The van der Waals surface area contributed by atoms with Crippen LogP contribution in [0, 0.1) is 24.2 Å². The molecular formula is C19H19ClN4O. The Hall–Kier alpha value is -2.58. The fourth-order valence-electron chi connectivity index (χ4n) is 3.06. The van der Waals surface area contributed by atoms with Gasteiger partial charge in [0.1, 0.15) is 11.9 Å². The Morgan fingerprint density at radius 3 is 2.96 bits per heavy atom. The monoisotopic (exact) mass is 354 g/mol. The molecule has 2 heterocycles. The van der Waals surface area contributed by atoms with Crippen molar-refractivity contribution >= 4 is 29.0 Å². The third kappa shape index (κ3) is 4.09. The third-order valence-electron chi connectivity index (χ3n) is 4.37. The summed E-state index contributed by atoms with van der Waals surface area (Å²) >= 11 is 6.13. The number of carbonyl (C=O) groups excluding carboxylic acids is 1. The molecule has 0 saturated carbocycles. The van der Waals surface area contributed by atoms with Crippen LogP contribution >= 0.6 is 11.6 Å². The Bertz CT molecular complexity index is 830. The molecule has 3 rings (SSSR count). The molecule has 0 bridgehead atoms. The van der Waals surface area contributed by atoms with Crippen LogP contribution in [0.4, 0.5) is 11.5 Å². The summed E-state index contributed by atoms with van der Waals surface area (Å²) < 4.78 is 0. The first kappa shape index (κ1) is 17.2. The first-order valence-electron chi connectivity index (χ1n) is 8.26. The molecule has 25 heavy (non-hydrogen) atoms. The molecule has 1 saturated heterocycles. The maximum Gasteiger partial charge on any atom is 0.230 e. The van der Waals surface area contributed by atoms with E-state index in [9.17, 15) is 4.79 Å². The summed E-state index contributed by atoms with van der Waals surface area (Å²) in [5.74, 6) is 0.469. The number of hydrogen-bond acceptors (Lipinski definition) is 4. The summed E-state index contributed by atoms with van der Waals surface area (Å²) in [4.78, 5) is 19.0. The van der Waals surface area contributed by atoms with Gasteiger partial charge in [0.15, 0.2) is 0 Å². The number of halogens is 1. The number of amides is 1. The fraction of sp³-hybridized carbons (Fsp3) is 0.316. The summed E-state index contributed by atoms with van der Waals surface area (Å²) in [6, 6.07) is 13.0. The predicted octanol–water partition coefficient (Wildman–Crippen LogP) is 3.77. The zero-order chi connectivity index (χ0) is 17.8. The van der Waals surface area contributed by atoms with Gasteiger partial charge in [-0.25, -0.2) is 4.98 Å². The van der Waals surface area contributed by atoms with Gasteiger partial charge in [0, 0.05) is 24.5 Å². The van der Waals surface area contributed by atoms with Gasteiger partial charge in [-0.15, -0.1) is 0 Å². The summed E-state index contributed by atoms with van der Waals surface area (Å²) in [5, 5.41) is 12.3. The second-order valence-electron chi connectivity index (χ2n) is 6.21. The van der Waals surface area contributed by atoms with E-state index in [1.807, 2.05) is 25.1 Å². The summed E-state index contributed by atoms with van der Waals surface area (Å²) in [7, 11) is 0. The molecular weight excluding hydrogens is 336 g/mol. The van der Waals surface area contributed by atoms with E-state index in [1.54, 1.807) is 18.2 Å². The molecule has 1 N–H and O–H groups in total. The zero-order valence-corrected chi connectivity index (χ0v) is 14.8. The number of aromatic nitrogens is 1. The lowest BCUT2D eigenvalue weighted by atomic mass is 9.96. The number of benzene rings is 1. The van der Waals surface area contributed by atoms with E-state index in [0.29, 0.717) is 22.9 Å². The average molecular weight is 355 g/mol. The van der Waals surface area contributed by atoms with Gasteiger partial charge in [-0.05, 0) is 50.1 Å². The first-order chi connectivity index (χ1) is 12.1. The van der Waals surface area contributed by atoms with E-state index in [-0.39, 0.29) is 11.8 Å². The van der Waals surface area contributed by atoms with Gasteiger partial charge >= 0.3 is 0 Å². The number of nitrogens with zero attached hydrogens (tertiary/aromatic N) is 3. The second kappa shape index (κ2) is 7.54. The van der Waals surface area contributed by atoms with Crippen molar-refractivity contribution in [3.05, 3.63) is 52.7 Å². The van der Waals surface area contributed by atoms with Gasteiger partial charge in [0.2, 0.25) is 5.91 Å². The number of nitriles is 1. The van der Waals surface area contributed by atoms with Gasteiger partial charge in [0.05, 0.1) is 16.5 Å². The van der Waals surface area contributed by atoms with Crippen LogP contribution in [0.3, 0.4) is 0 Å². The van der Waals surface area contributed by atoms with E-state index in [4.69, 9.17) is 16.9 Å². The molecule has 0 spiro atoms. The number of anilines is 2. The highest BCUT2D eigenvalue weighted by molar-refractivity contribution is 6.32. The SMILES string of the molecule is Cc1cccc(NC(=O)C2CCCN(c3ccc(C#N)c(Cl)c3)C2)n1. The van der Waals surface area contributed by atoms with E-state index < -0.39 is 0 Å². The summed E-state index contributed by atoms with van der Waals surface area (Å²) in [6.07, 6.45) is 1.77.